The minimum absolute atomic E-state index is 0.894. The van der Waals surface area contributed by atoms with Crippen LogP contribution in [-0.4, -0.2) is 20.0 Å². The molecule has 0 aliphatic heterocycles. The third kappa shape index (κ3) is 0.699. The molecule has 49 valence electrons. The minimum atomic E-state index is 0.894. The van der Waals surface area contributed by atoms with Crippen LogP contribution in [0.15, 0.2) is 24.7 Å². The summed E-state index contributed by atoms with van der Waals surface area (Å²) in [5.41, 5.74) is 0.894. The van der Waals surface area contributed by atoms with E-state index in [4.69, 9.17) is 0 Å². The predicted molar refractivity (Wildman–Crippen MR) is 34.5 cm³/mol. The normalized spacial score (nSPS) is 10.0. The summed E-state index contributed by atoms with van der Waals surface area (Å²) in [5, 5.41) is 10.4. The molecule has 2 aromatic heterocycles. The van der Waals surface area contributed by atoms with Crippen molar-refractivity contribution in [3.63, 3.8) is 0 Å². The molecule has 0 atom stereocenters. The Labute approximate surface area is 57.5 Å². The molecule has 1 N–H and O–H groups in total. The average Bonchev–Trinajstić information content (AvgIpc) is 2.59. The van der Waals surface area contributed by atoms with E-state index in [1.54, 1.807) is 29.3 Å². The molecule has 1 radical (unpaired) electrons. The van der Waals surface area contributed by atoms with Crippen molar-refractivity contribution < 1.29 is 0 Å². The number of aromatic amines is 1. The second-order valence-corrected chi connectivity index (χ2v) is 1.83. The quantitative estimate of drug-likeness (QED) is 0.611. The first-order valence-corrected chi connectivity index (χ1v) is 2.88. The maximum atomic E-state index is 3.96. The van der Waals surface area contributed by atoms with E-state index < -0.39 is 0 Å². The van der Waals surface area contributed by atoms with Crippen molar-refractivity contribution in [1.29, 1.82) is 0 Å². The van der Waals surface area contributed by atoms with Gasteiger partial charge in [0.15, 0.2) is 0 Å². The standard InChI is InChI=1S/C6H5N4/c1-2-9-10(3-1)6-4-7-8-5-6/h1-2,4-5H,(H,7,8). The highest BCUT2D eigenvalue weighted by Gasteiger charge is 1.93. The molecule has 0 aliphatic carbocycles. The zero-order chi connectivity index (χ0) is 6.81. The van der Waals surface area contributed by atoms with E-state index in [9.17, 15) is 0 Å². The fraction of sp³-hybridized carbons (Fsp3) is 0. The SMILES string of the molecule is [c]1ccnn1-c1cn[nH]c1. The van der Waals surface area contributed by atoms with Gasteiger partial charge in [-0.1, -0.05) is 0 Å². The first kappa shape index (κ1) is 5.22. The molecular formula is C6H5N4. The Morgan fingerprint density at radius 2 is 2.60 bits per heavy atom. The zero-order valence-electron chi connectivity index (χ0n) is 5.15. The Hall–Kier alpha value is -1.58. The summed E-state index contributed by atoms with van der Waals surface area (Å²) >= 11 is 0. The van der Waals surface area contributed by atoms with E-state index in [0.717, 1.165) is 5.69 Å². The average molecular weight is 133 g/mol. The Bertz CT molecular complexity index is 249. The molecule has 0 fully saturated rings. The number of hydrogen-bond donors (Lipinski definition) is 1. The van der Waals surface area contributed by atoms with Crippen molar-refractivity contribution in [2.24, 2.45) is 0 Å². The summed E-state index contributed by atoms with van der Waals surface area (Å²) in [6, 6.07) is 1.74. The molecule has 2 heterocycles. The van der Waals surface area contributed by atoms with E-state index in [1.807, 2.05) is 0 Å². The van der Waals surface area contributed by atoms with Gasteiger partial charge in [-0.15, -0.1) is 0 Å². The molecule has 0 saturated carbocycles. The second kappa shape index (κ2) is 1.98. The second-order valence-electron chi connectivity index (χ2n) is 1.83. The van der Waals surface area contributed by atoms with Crippen LogP contribution in [0, 0.1) is 6.20 Å². The largest absolute Gasteiger partial charge is 0.283 e. The number of nitrogens with one attached hydrogen (secondary N) is 1. The van der Waals surface area contributed by atoms with Gasteiger partial charge in [-0.2, -0.15) is 10.2 Å². The number of aromatic nitrogens is 4. The van der Waals surface area contributed by atoms with Gasteiger partial charge in [0.1, 0.15) is 5.69 Å². The molecule has 10 heavy (non-hydrogen) atoms. The van der Waals surface area contributed by atoms with Crippen molar-refractivity contribution in [1.82, 2.24) is 20.0 Å². The van der Waals surface area contributed by atoms with Gasteiger partial charge in [0, 0.05) is 6.20 Å². The smallest absolute Gasteiger partial charge is 0.103 e. The lowest BCUT2D eigenvalue weighted by Crippen LogP contribution is -1.90. The summed E-state index contributed by atoms with van der Waals surface area (Å²) in [6.07, 6.45) is 8.00. The van der Waals surface area contributed by atoms with Gasteiger partial charge in [-0.25, -0.2) is 4.68 Å². The van der Waals surface area contributed by atoms with Crippen molar-refractivity contribution in [3.05, 3.63) is 30.9 Å². The van der Waals surface area contributed by atoms with Crippen molar-refractivity contribution in [2.45, 2.75) is 0 Å². The lowest BCUT2D eigenvalue weighted by molar-refractivity contribution is 0.875. The minimum Gasteiger partial charge on any atom is -0.283 e. The highest BCUT2D eigenvalue weighted by molar-refractivity contribution is 5.21. The molecule has 4 nitrogen and oxygen atoms in total. The summed E-state index contributed by atoms with van der Waals surface area (Å²) < 4.78 is 1.61. The van der Waals surface area contributed by atoms with Crippen molar-refractivity contribution in [3.8, 4) is 5.69 Å². The summed E-state index contributed by atoms with van der Waals surface area (Å²) in [5.74, 6) is 0. The monoisotopic (exact) mass is 133 g/mol. The van der Waals surface area contributed by atoms with E-state index in [1.165, 1.54) is 0 Å². The maximum Gasteiger partial charge on any atom is 0.103 e. The van der Waals surface area contributed by atoms with Crippen LogP contribution in [0.5, 0.6) is 0 Å². The number of H-pyrrole nitrogens is 1. The molecule has 0 amide bonds. The lowest BCUT2D eigenvalue weighted by atomic mass is 10.6. The van der Waals surface area contributed by atoms with Crippen LogP contribution in [-0.2, 0) is 0 Å². The molecule has 2 rings (SSSR count). The first-order chi connectivity index (χ1) is 4.97. The summed E-state index contributed by atoms with van der Waals surface area (Å²) in [4.78, 5) is 0. The third-order valence-corrected chi connectivity index (χ3v) is 1.18. The summed E-state index contributed by atoms with van der Waals surface area (Å²) in [7, 11) is 0. The maximum absolute atomic E-state index is 3.96. The van der Waals surface area contributed by atoms with Gasteiger partial charge < -0.3 is 0 Å². The number of nitrogens with zero attached hydrogens (tertiary/aromatic N) is 3. The predicted octanol–water partition coefficient (Wildman–Crippen LogP) is 0.396. The van der Waals surface area contributed by atoms with Crippen LogP contribution >= 0.6 is 0 Å². The highest BCUT2D eigenvalue weighted by atomic mass is 15.3. The van der Waals surface area contributed by atoms with Gasteiger partial charge in [-0.05, 0) is 6.07 Å². The van der Waals surface area contributed by atoms with Crippen LogP contribution in [0.4, 0.5) is 0 Å². The molecule has 4 heteroatoms. The molecule has 0 bridgehead atoms. The fourth-order valence-corrected chi connectivity index (χ4v) is 0.738. The molecule has 0 saturated heterocycles. The van der Waals surface area contributed by atoms with E-state index in [-0.39, 0.29) is 0 Å². The Balaban J connectivity index is 2.48. The van der Waals surface area contributed by atoms with Crippen LogP contribution < -0.4 is 0 Å². The topological polar surface area (TPSA) is 46.5 Å². The number of rotatable bonds is 1. The lowest BCUT2D eigenvalue weighted by Gasteiger charge is -1.89. The molecule has 0 spiro atoms. The fourth-order valence-electron chi connectivity index (χ4n) is 0.738. The van der Waals surface area contributed by atoms with Gasteiger partial charge in [0.05, 0.1) is 18.6 Å². The van der Waals surface area contributed by atoms with Crippen LogP contribution in [0.2, 0.25) is 0 Å². The van der Waals surface area contributed by atoms with Gasteiger partial charge >= 0.3 is 0 Å². The highest BCUT2D eigenvalue weighted by Crippen LogP contribution is 1.98. The Morgan fingerprint density at radius 3 is 3.20 bits per heavy atom. The van der Waals surface area contributed by atoms with Gasteiger partial charge in [0.2, 0.25) is 0 Å². The molecule has 0 aliphatic rings. The van der Waals surface area contributed by atoms with Gasteiger partial charge in [0.25, 0.3) is 0 Å². The van der Waals surface area contributed by atoms with Gasteiger partial charge in [-0.3, -0.25) is 5.10 Å². The first-order valence-electron chi connectivity index (χ1n) is 2.88. The Morgan fingerprint density at radius 1 is 1.60 bits per heavy atom. The Kier molecular flexibility index (Phi) is 1.04. The van der Waals surface area contributed by atoms with Crippen LogP contribution in [0.1, 0.15) is 0 Å². The van der Waals surface area contributed by atoms with Crippen molar-refractivity contribution >= 4 is 0 Å². The molecule has 0 aromatic carbocycles. The summed E-state index contributed by atoms with van der Waals surface area (Å²) in [6.45, 7) is 0. The number of hydrogen-bond acceptors (Lipinski definition) is 2. The van der Waals surface area contributed by atoms with E-state index in [0.29, 0.717) is 0 Å². The third-order valence-electron chi connectivity index (χ3n) is 1.18. The van der Waals surface area contributed by atoms with E-state index in [2.05, 4.69) is 21.5 Å². The molecule has 2 aromatic rings. The molecular weight excluding hydrogens is 128 g/mol. The van der Waals surface area contributed by atoms with Crippen LogP contribution in [0.3, 0.4) is 0 Å². The van der Waals surface area contributed by atoms with Crippen molar-refractivity contribution in [2.75, 3.05) is 0 Å². The van der Waals surface area contributed by atoms with Crippen LogP contribution in [0.25, 0.3) is 5.69 Å². The molecule has 0 unspecified atom stereocenters. The van der Waals surface area contributed by atoms with E-state index >= 15 is 0 Å². The zero-order valence-corrected chi connectivity index (χ0v) is 5.15.